The van der Waals surface area contributed by atoms with Gasteiger partial charge in [-0.15, -0.1) is 5.10 Å². The number of aliphatic hydroxyl groups excluding tert-OH is 1. The zero-order chi connectivity index (χ0) is 16.5. The molecule has 0 aromatic carbocycles. The molecule has 1 fully saturated rings. The van der Waals surface area contributed by atoms with Crippen LogP contribution in [0.4, 0.5) is 5.82 Å². The highest BCUT2D eigenvalue weighted by Gasteiger charge is 2.29. The topological polar surface area (TPSA) is 74.4 Å². The fourth-order valence-electron chi connectivity index (χ4n) is 3.51. The second-order valence-corrected chi connectivity index (χ2v) is 6.92. The molecule has 6 nitrogen and oxygen atoms in total. The van der Waals surface area contributed by atoms with Crippen molar-refractivity contribution in [2.75, 3.05) is 31.1 Å². The van der Waals surface area contributed by atoms with Crippen LogP contribution in [-0.2, 0) is 12.8 Å². The summed E-state index contributed by atoms with van der Waals surface area (Å²) in [6, 6.07) is 5.92. The number of rotatable bonds is 6. The van der Waals surface area contributed by atoms with Gasteiger partial charge in [-0.3, -0.25) is 0 Å². The van der Waals surface area contributed by atoms with Crippen LogP contribution in [0.3, 0.4) is 0 Å². The smallest absolute Gasteiger partial charge is 0.151 e. The molecule has 4 rings (SSSR count). The van der Waals surface area contributed by atoms with E-state index >= 15 is 0 Å². The number of aromatic nitrogens is 2. The maximum Gasteiger partial charge on any atom is 0.151 e. The van der Waals surface area contributed by atoms with Gasteiger partial charge in [-0.1, -0.05) is 0 Å². The average molecular weight is 328 g/mol. The van der Waals surface area contributed by atoms with Crippen molar-refractivity contribution in [2.24, 2.45) is 5.92 Å². The number of hydrogen-bond donors (Lipinski definition) is 2. The van der Waals surface area contributed by atoms with E-state index in [9.17, 15) is 5.11 Å². The first-order chi connectivity index (χ1) is 11.7. The molecule has 1 aliphatic carbocycles. The molecule has 6 heteroatoms. The normalized spacial score (nSPS) is 18.5. The molecule has 24 heavy (non-hydrogen) atoms. The van der Waals surface area contributed by atoms with Gasteiger partial charge in [0.05, 0.1) is 5.69 Å². The molecule has 1 unspecified atom stereocenters. The Balaban J connectivity index is 1.21. The lowest BCUT2D eigenvalue weighted by Crippen LogP contribution is -2.51. The zero-order valence-corrected chi connectivity index (χ0v) is 14.0. The lowest BCUT2D eigenvalue weighted by atomic mass is 10.00. The van der Waals surface area contributed by atoms with E-state index in [1.165, 1.54) is 17.7 Å². The third kappa shape index (κ3) is 3.16. The second-order valence-electron chi connectivity index (χ2n) is 6.92. The summed E-state index contributed by atoms with van der Waals surface area (Å²) in [5, 5.41) is 22.1. The molecule has 1 atom stereocenters. The van der Waals surface area contributed by atoms with Crippen molar-refractivity contribution in [1.82, 2.24) is 15.5 Å². The Labute approximate surface area is 141 Å². The van der Waals surface area contributed by atoms with E-state index in [2.05, 4.69) is 26.5 Å². The standard InChI is InChI=1S/C18H24N4O2/c1-12-5-6-17(24-12)16(23)9-19-8-13-10-22(11-13)18-7-14-3-2-4-15(14)20-21-18/h5-7,13,16,19,23H,2-4,8-11H2,1H3. The van der Waals surface area contributed by atoms with Gasteiger partial charge in [0.25, 0.3) is 0 Å². The Kier molecular flexibility index (Phi) is 4.24. The van der Waals surface area contributed by atoms with E-state index in [1.54, 1.807) is 0 Å². The van der Waals surface area contributed by atoms with E-state index in [1.807, 2.05) is 19.1 Å². The van der Waals surface area contributed by atoms with Gasteiger partial charge in [0.1, 0.15) is 17.6 Å². The molecule has 2 aliphatic rings. The number of hydrogen-bond acceptors (Lipinski definition) is 6. The molecular formula is C18H24N4O2. The highest BCUT2D eigenvalue weighted by Crippen LogP contribution is 2.27. The zero-order valence-electron chi connectivity index (χ0n) is 14.0. The first-order valence-electron chi connectivity index (χ1n) is 8.74. The number of nitrogens with one attached hydrogen (secondary N) is 1. The Morgan fingerprint density at radius 3 is 3.00 bits per heavy atom. The summed E-state index contributed by atoms with van der Waals surface area (Å²) in [5.41, 5.74) is 2.55. The Morgan fingerprint density at radius 1 is 1.33 bits per heavy atom. The summed E-state index contributed by atoms with van der Waals surface area (Å²) in [6.07, 6.45) is 2.84. The van der Waals surface area contributed by atoms with Crippen LogP contribution in [0.15, 0.2) is 22.6 Å². The van der Waals surface area contributed by atoms with Gasteiger partial charge in [-0.2, -0.15) is 5.10 Å². The third-order valence-corrected chi connectivity index (χ3v) is 4.95. The summed E-state index contributed by atoms with van der Waals surface area (Å²) in [6.45, 7) is 5.29. The van der Waals surface area contributed by atoms with E-state index in [0.29, 0.717) is 18.2 Å². The highest BCUT2D eigenvalue weighted by molar-refractivity contribution is 5.45. The van der Waals surface area contributed by atoms with Crippen molar-refractivity contribution >= 4 is 5.82 Å². The van der Waals surface area contributed by atoms with E-state index in [0.717, 1.165) is 44.1 Å². The average Bonchev–Trinajstić information content (AvgIpc) is 3.17. The highest BCUT2D eigenvalue weighted by atomic mass is 16.4. The molecule has 2 aromatic heterocycles. The summed E-state index contributed by atoms with van der Waals surface area (Å²) in [7, 11) is 0. The van der Waals surface area contributed by atoms with Crippen LogP contribution in [0, 0.1) is 12.8 Å². The van der Waals surface area contributed by atoms with Gasteiger partial charge in [0.2, 0.25) is 0 Å². The number of furan rings is 1. The van der Waals surface area contributed by atoms with Crippen LogP contribution in [-0.4, -0.2) is 41.5 Å². The molecule has 1 saturated heterocycles. The Bertz CT molecular complexity index is 709. The maximum absolute atomic E-state index is 10.1. The summed E-state index contributed by atoms with van der Waals surface area (Å²) < 4.78 is 5.44. The summed E-state index contributed by atoms with van der Waals surface area (Å²) >= 11 is 0. The monoisotopic (exact) mass is 328 g/mol. The van der Waals surface area contributed by atoms with Crippen LogP contribution in [0.2, 0.25) is 0 Å². The van der Waals surface area contributed by atoms with E-state index < -0.39 is 6.10 Å². The predicted octanol–water partition coefficient (Wildman–Crippen LogP) is 1.63. The molecule has 0 spiro atoms. The first-order valence-corrected chi connectivity index (χ1v) is 8.74. The minimum atomic E-state index is -0.586. The van der Waals surface area contributed by atoms with Gasteiger partial charge in [-0.05, 0) is 49.9 Å². The molecule has 0 saturated carbocycles. The number of fused-ring (bicyclic) bond motifs is 1. The van der Waals surface area contributed by atoms with E-state index in [4.69, 9.17) is 4.42 Å². The number of aryl methyl sites for hydroxylation is 3. The maximum atomic E-state index is 10.1. The minimum absolute atomic E-state index is 0.516. The lowest BCUT2D eigenvalue weighted by molar-refractivity contribution is 0.144. The summed E-state index contributed by atoms with van der Waals surface area (Å²) in [4.78, 5) is 2.28. The minimum Gasteiger partial charge on any atom is -0.464 e. The molecule has 2 N–H and O–H groups in total. The predicted molar refractivity (Wildman–Crippen MR) is 91.0 cm³/mol. The van der Waals surface area contributed by atoms with Crippen molar-refractivity contribution < 1.29 is 9.52 Å². The van der Waals surface area contributed by atoms with Crippen LogP contribution in [0.1, 0.15) is 35.3 Å². The van der Waals surface area contributed by atoms with Gasteiger partial charge < -0.3 is 19.7 Å². The van der Waals surface area contributed by atoms with Crippen LogP contribution >= 0.6 is 0 Å². The Morgan fingerprint density at radius 2 is 2.21 bits per heavy atom. The van der Waals surface area contributed by atoms with E-state index in [-0.39, 0.29) is 0 Å². The van der Waals surface area contributed by atoms with Crippen molar-refractivity contribution in [3.8, 4) is 0 Å². The van der Waals surface area contributed by atoms with Crippen molar-refractivity contribution in [2.45, 2.75) is 32.3 Å². The molecule has 0 radical (unpaired) electrons. The second kappa shape index (κ2) is 6.53. The molecule has 3 heterocycles. The number of nitrogens with zero attached hydrogens (tertiary/aromatic N) is 3. The Hall–Kier alpha value is -1.92. The van der Waals surface area contributed by atoms with Crippen molar-refractivity contribution in [3.05, 3.63) is 41.0 Å². The molecule has 2 aromatic rings. The third-order valence-electron chi connectivity index (χ3n) is 4.95. The SMILES string of the molecule is Cc1ccc(C(O)CNCC2CN(c3cc4c(nn3)CCC4)C2)o1. The van der Waals surface area contributed by atoms with Gasteiger partial charge >= 0.3 is 0 Å². The van der Waals surface area contributed by atoms with Gasteiger partial charge in [-0.25, -0.2) is 0 Å². The number of aliphatic hydroxyl groups is 1. The lowest BCUT2D eigenvalue weighted by Gasteiger charge is -2.40. The first kappa shape index (κ1) is 15.6. The fourth-order valence-corrected chi connectivity index (χ4v) is 3.51. The van der Waals surface area contributed by atoms with Crippen molar-refractivity contribution in [1.29, 1.82) is 0 Å². The van der Waals surface area contributed by atoms with Crippen LogP contribution < -0.4 is 10.2 Å². The fraction of sp³-hybridized carbons (Fsp3) is 0.556. The van der Waals surface area contributed by atoms with Crippen LogP contribution in [0.25, 0.3) is 0 Å². The molecule has 0 amide bonds. The molecule has 128 valence electrons. The quantitative estimate of drug-likeness (QED) is 0.839. The van der Waals surface area contributed by atoms with Gasteiger partial charge in [0, 0.05) is 32.1 Å². The number of anilines is 1. The van der Waals surface area contributed by atoms with Crippen LogP contribution in [0.5, 0.6) is 0 Å². The molecule has 0 bridgehead atoms. The van der Waals surface area contributed by atoms with Gasteiger partial charge in [0.15, 0.2) is 5.82 Å². The van der Waals surface area contributed by atoms with Crippen molar-refractivity contribution in [3.63, 3.8) is 0 Å². The molecular weight excluding hydrogens is 304 g/mol. The summed E-state index contributed by atoms with van der Waals surface area (Å²) in [5.74, 6) is 3.06. The molecule has 1 aliphatic heterocycles. The largest absolute Gasteiger partial charge is 0.464 e.